The first kappa shape index (κ1) is 12.9. The zero-order valence-electron chi connectivity index (χ0n) is 12.4. The average Bonchev–Trinajstić information content (AvgIpc) is 3.30. The summed E-state index contributed by atoms with van der Waals surface area (Å²) in [6.07, 6.45) is 4.05. The lowest BCUT2D eigenvalue weighted by atomic mass is 9.72. The molecule has 0 amide bonds. The number of hydrogen-bond acceptors (Lipinski definition) is 2. The van der Waals surface area contributed by atoms with Crippen molar-refractivity contribution >= 4 is 0 Å². The molecule has 0 heterocycles. The van der Waals surface area contributed by atoms with Crippen LogP contribution in [0.15, 0.2) is 48.5 Å². The smallest absolute Gasteiger partial charge is 0.119 e. The van der Waals surface area contributed by atoms with Crippen LogP contribution in [-0.4, -0.2) is 13.2 Å². The molecular formula is C19H21NO. The molecule has 4 rings (SSSR count). The molecule has 2 nitrogen and oxygen atoms in total. The molecule has 2 aromatic carbocycles. The van der Waals surface area contributed by atoms with Crippen molar-refractivity contribution in [2.75, 3.05) is 7.05 Å². The average molecular weight is 279 g/mol. The minimum Gasteiger partial charge on any atom is -0.490 e. The van der Waals surface area contributed by atoms with E-state index in [2.05, 4.69) is 60.9 Å². The Balaban J connectivity index is 1.53. The SMILES string of the molecule is CNC(c1ccc(OC2CC2)cc1)C1Cc2ccccc21. The van der Waals surface area contributed by atoms with Gasteiger partial charge in [-0.25, -0.2) is 0 Å². The molecule has 0 saturated heterocycles. The second-order valence-corrected chi connectivity index (χ2v) is 6.16. The lowest BCUT2D eigenvalue weighted by Crippen LogP contribution is -2.31. The fourth-order valence-electron chi connectivity index (χ4n) is 3.33. The Morgan fingerprint density at radius 1 is 1.05 bits per heavy atom. The molecule has 2 heteroatoms. The minimum atomic E-state index is 0.384. The van der Waals surface area contributed by atoms with E-state index in [0.717, 1.165) is 5.75 Å². The van der Waals surface area contributed by atoms with E-state index in [1.165, 1.54) is 36.0 Å². The molecule has 2 unspecified atom stereocenters. The van der Waals surface area contributed by atoms with Gasteiger partial charge in [0.1, 0.15) is 5.75 Å². The summed E-state index contributed by atoms with van der Waals surface area (Å²) in [5.74, 6) is 1.59. The number of benzene rings is 2. The third-order valence-corrected chi connectivity index (χ3v) is 4.67. The molecule has 1 N–H and O–H groups in total. The Labute approximate surface area is 126 Å². The molecule has 2 aliphatic rings. The third kappa shape index (κ3) is 2.44. The van der Waals surface area contributed by atoms with E-state index in [9.17, 15) is 0 Å². The summed E-state index contributed by atoms with van der Waals surface area (Å²) in [7, 11) is 2.06. The van der Waals surface area contributed by atoms with Gasteiger partial charge in [-0.3, -0.25) is 0 Å². The first-order chi connectivity index (χ1) is 10.3. The summed E-state index contributed by atoms with van der Waals surface area (Å²) < 4.78 is 5.83. The van der Waals surface area contributed by atoms with Crippen LogP contribution in [0.2, 0.25) is 0 Å². The van der Waals surface area contributed by atoms with Gasteiger partial charge in [0.05, 0.1) is 6.10 Å². The zero-order valence-corrected chi connectivity index (χ0v) is 12.4. The van der Waals surface area contributed by atoms with E-state index in [-0.39, 0.29) is 0 Å². The van der Waals surface area contributed by atoms with Gasteiger partial charge in [-0.1, -0.05) is 36.4 Å². The van der Waals surface area contributed by atoms with Crippen molar-refractivity contribution in [1.82, 2.24) is 5.32 Å². The summed E-state index contributed by atoms with van der Waals surface area (Å²) in [5.41, 5.74) is 4.34. The molecule has 2 aliphatic carbocycles. The molecule has 0 spiro atoms. The maximum atomic E-state index is 5.83. The van der Waals surface area contributed by atoms with E-state index in [1.807, 2.05) is 0 Å². The first-order valence-electron chi connectivity index (χ1n) is 7.87. The van der Waals surface area contributed by atoms with Gasteiger partial charge < -0.3 is 10.1 Å². The van der Waals surface area contributed by atoms with E-state index < -0.39 is 0 Å². The van der Waals surface area contributed by atoms with Crippen LogP contribution in [-0.2, 0) is 6.42 Å². The highest BCUT2D eigenvalue weighted by atomic mass is 16.5. The fraction of sp³-hybridized carbons (Fsp3) is 0.368. The standard InChI is InChI=1S/C19H21NO/c1-20-19(18-12-14-4-2-3-5-17(14)18)13-6-8-15(9-7-13)21-16-10-11-16/h2-9,16,18-20H,10-12H2,1H3. The lowest BCUT2D eigenvalue weighted by molar-refractivity contribution is 0.303. The summed E-state index contributed by atoms with van der Waals surface area (Å²) >= 11 is 0. The molecule has 1 fully saturated rings. The number of hydrogen-bond donors (Lipinski definition) is 1. The summed E-state index contributed by atoms with van der Waals surface area (Å²) in [6, 6.07) is 17.8. The summed E-state index contributed by atoms with van der Waals surface area (Å²) in [6.45, 7) is 0. The van der Waals surface area contributed by atoms with Gasteiger partial charge in [0.2, 0.25) is 0 Å². The number of ether oxygens (including phenoxy) is 1. The molecular weight excluding hydrogens is 258 g/mol. The van der Waals surface area contributed by atoms with Crippen LogP contribution in [0.4, 0.5) is 0 Å². The van der Waals surface area contributed by atoms with Crippen molar-refractivity contribution in [3.8, 4) is 5.75 Å². The quantitative estimate of drug-likeness (QED) is 0.898. The molecule has 0 aromatic heterocycles. The number of likely N-dealkylation sites (N-methyl/N-ethyl adjacent to an activating group) is 1. The molecule has 2 aromatic rings. The van der Waals surface area contributed by atoms with Gasteiger partial charge in [0, 0.05) is 12.0 Å². The summed E-state index contributed by atoms with van der Waals surface area (Å²) in [4.78, 5) is 0. The van der Waals surface area contributed by atoms with Gasteiger partial charge in [-0.15, -0.1) is 0 Å². The van der Waals surface area contributed by atoms with Crippen molar-refractivity contribution in [2.45, 2.75) is 37.3 Å². The maximum Gasteiger partial charge on any atom is 0.119 e. The highest BCUT2D eigenvalue weighted by Crippen LogP contribution is 2.43. The van der Waals surface area contributed by atoms with E-state index in [1.54, 1.807) is 0 Å². The second kappa shape index (κ2) is 5.19. The lowest BCUT2D eigenvalue weighted by Gasteiger charge is -2.36. The molecule has 1 saturated carbocycles. The molecule has 108 valence electrons. The Hall–Kier alpha value is -1.80. The molecule has 2 atom stereocenters. The van der Waals surface area contributed by atoms with Gasteiger partial charge in [0.25, 0.3) is 0 Å². The third-order valence-electron chi connectivity index (χ3n) is 4.67. The minimum absolute atomic E-state index is 0.384. The van der Waals surface area contributed by atoms with Crippen LogP contribution in [0.25, 0.3) is 0 Å². The Morgan fingerprint density at radius 2 is 1.81 bits per heavy atom. The predicted octanol–water partition coefficient (Wildman–Crippen LogP) is 3.83. The first-order valence-corrected chi connectivity index (χ1v) is 7.87. The number of rotatable bonds is 5. The Morgan fingerprint density at radius 3 is 2.48 bits per heavy atom. The summed E-state index contributed by atoms with van der Waals surface area (Å²) in [5, 5.41) is 3.49. The van der Waals surface area contributed by atoms with Crippen LogP contribution < -0.4 is 10.1 Å². The maximum absolute atomic E-state index is 5.83. The van der Waals surface area contributed by atoms with Crippen molar-refractivity contribution in [3.05, 3.63) is 65.2 Å². The highest BCUT2D eigenvalue weighted by molar-refractivity contribution is 5.43. The van der Waals surface area contributed by atoms with Crippen molar-refractivity contribution < 1.29 is 4.74 Å². The van der Waals surface area contributed by atoms with Gasteiger partial charge in [0.15, 0.2) is 0 Å². The van der Waals surface area contributed by atoms with E-state index >= 15 is 0 Å². The van der Waals surface area contributed by atoms with Gasteiger partial charge in [-0.2, -0.15) is 0 Å². The van der Waals surface area contributed by atoms with Crippen LogP contribution in [0.5, 0.6) is 5.75 Å². The molecule has 0 radical (unpaired) electrons. The number of nitrogens with one attached hydrogen (secondary N) is 1. The van der Waals surface area contributed by atoms with E-state index in [4.69, 9.17) is 4.74 Å². The van der Waals surface area contributed by atoms with Crippen LogP contribution in [0.1, 0.15) is 41.5 Å². The topological polar surface area (TPSA) is 21.3 Å². The van der Waals surface area contributed by atoms with Gasteiger partial charge in [-0.05, 0) is 55.1 Å². The predicted molar refractivity (Wildman–Crippen MR) is 84.8 cm³/mol. The van der Waals surface area contributed by atoms with Crippen LogP contribution >= 0.6 is 0 Å². The Kier molecular flexibility index (Phi) is 3.19. The van der Waals surface area contributed by atoms with Crippen molar-refractivity contribution in [2.24, 2.45) is 0 Å². The molecule has 21 heavy (non-hydrogen) atoms. The van der Waals surface area contributed by atoms with E-state index in [0.29, 0.717) is 18.1 Å². The molecule has 0 aliphatic heterocycles. The van der Waals surface area contributed by atoms with Crippen molar-refractivity contribution in [3.63, 3.8) is 0 Å². The number of fused-ring (bicyclic) bond motifs is 1. The largest absolute Gasteiger partial charge is 0.490 e. The Bertz CT molecular complexity index is 630. The van der Waals surface area contributed by atoms with Crippen molar-refractivity contribution in [1.29, 1.82) is 0 Å². The van der Waals surface area contributed by atoms with Gasteiger partial charge >= 0.3 is 0 Å². The zero-order chi connectivity index (χ0) is 14.2. The van der Waals surface area contributed by atoms with Crippen LogP contribution in [0.3, 0.4) is 0 Å². The highest BCUT2D eigenvalue weighted by Gasteiger charge is 2.32. The second-order valence-electron chi connectivity index (χ2n) is 6.16. The normalized spacial score (nSPS) is 21.3. The van der Waals surface area contributed by atoms with Crippen LogP contribution in [0, 0.1) is 0 Å². The monoisotopic (exact) mass is 279 g/mol. The molecule has 0 bridgehead atoms. The fourth-order valence-corrected chi connectivity index (χ4v) is 3.33.